The lowest BCUT2D eigenvalue weighted by atomic mass is 9.57. The Morgan fingerprint density at radius 1 is 1.50 bits per heavy atom. The Kier molecular flexibility index (Phi) is 4.31. The number of hydrogen-bond donors (Lipinski definition) is 0. The first-order valence-electron chi connectivity index (χ1n) is 5.57. The average molecular weight is 211 g/mol. The van der Waals surface area contributed by atoms with Crippen LogP contribution in [0, 0.1) is 0 Å². The van der Waals surface area contributed by atoms with Gasteiger partial charge in [-0.2, -0.15) is 11.5 Å². The second kappa shape index (κ2) is 5.07. The van der Waals surface area contributed by atoms with E-state index in [4.69, 9.17) is 11.5 Å². The van der Waals surface area contributed by atoms with Crippen LogP contribution in [0.25, 0.3) is 0 Å². The molecular weight excluding hydrogens is 190 g/mol. The molecule has 1 rings (SSSR count). The van der Waals surface area contributed by atoms with Gasteiger partial charge in [0, 0.05) is 0 Å². The summed E-state index contributed by atoms with van der Waals surface area (Å²) in [6.45, 7) is 8.79. The van der Waals surface area contributed by atoms with Crippen molar-refractivity contribution in [2.45, 2.75) is 52.7 Å². The van der Waals surface area contributed by atoms with E-state index in [1.807, 2.05) is 0 Å². The standard InChI is InChI=1S/C12H20BCl/c1-5-6-11-10(3)7-9(2)8-12(11)13(4)14/h7,12H,5-6,8H2,1-4H3. The van der Waals surface area contributed by atoms with Crippen molar-refractivity contribution in [1.82, 2.24) is 0 Å². The smallest absolute Gasteiger partial charge is 0.195 e. The lowest BCUT2D eigenvalue weighted by Crippen LogP contribution is -2.16. The van der Waals surface area contributed by atoms with Crippen molar-refractivity contribution in [2.24, 2.45) is 0 Å². The van der Waals surface area contributed by atoms with E-state index in [0.29, 0.717) is 5.82 Å². The van der Waals surface area contributed by atoms with Gasteiger partial charge in [0.1, 0.15) is 0 Å². The van der Waals surface area contributed by atoms with Crippen LogP contribution in [-0.4, -0.2) is 6.13 Å². The number of rotatable bonds is 3. The maximum absolute atomic E-state index is 6.26. The van der Waals surface area contributed by atoms with Crippen LogP contribution in [0.15, 0.2) is 22.8 Å². The summed E-state index contributed by atoms with van der Waals surface area (Å²) < 4.78 is 0. The highest BCUT2D eigenvalue weighted by molar-refractivity contribution is 7.07. The van der Waals surface area contributed by atoms with Gasteiger partial charge in [-0.1, -0.05) is 43.0 Å². The number of allylic oxidation sites excluding steroid dienone is 4. The van der Waals surface area contributed by atoms with E-state index in [1.54, 1.807) is 5.57 Å². The summed E-state index contributed by atoms with van der Waals surface area (Å²) in [5.74, 6) is 0.571. The summed E-state index contributed by atoms with van der Waals surface area (Å²) >= 11 is 6.26. The summed E-state index contributed by atoms with van der Waals surface area (Å²) in [5, 5.41) is 0. The van der Waals surface area contributed by atoms with Crippen LogP contribution < -0.4 is 0 Å². The molecule has 1 unspecified atom stereocenters. The third-order valence-corrected chi connectivity index (χ3v) is 3.34. The fourth-order valence-corrected chi connectivity index (χ4v) is 2.62. The zero-order chi connectivity index (χ0) is 10.7. The van der Waals surface area contributed by atoms with Gasteiger partial charge >= 0.3 is 0 Å². The van der Waals surface area contributed by atoms with Crippen molar-refractivity contribution in [3.63, 3.8) is 0 Å². The summed E-state index contributed by atoms with van der Waals surface area (Å²) in [6.07, 6.45) is 6.16. The third-order valence-electron chi connectivity index (χ3n) is 3.03. The first-order chi connectivity index (χ1) is 6.56. The molecule has 0 saturated heterocycles. The largest absolute Gasteiger partial charge is 0.255 e. The highest BCUT2D eigenvalue weighted by Crippen LogP contribution is 2.39. The first kappa shape index (κ1) is 11.9. The molecule has 0 aromatic carbocycles. The molecule has 2 heteroatoms. The molecular formula is C12H20BCl. The van der Waals surface area contributed by atoms with Crippen molar-refractivity contribution in [3.8, 4) is 0 Å². The molecule has 0 aromatic rings. The third kappa shape index (κ3) is 2.66. The van der Waals surface area contributed by atoms with E-state index < -0.39 is 0 Å². The average Bonchev–Trinajstić information content (AvgIpc) is 2.09. The van der Waals surface area contributed by atoms with E-state index in [-0.39, 0.29) is 6.13 Å². The lowest BCUT2D eigenvalue weighted by Gasteiger charge is -2.27. The predicted octanol–water partition coefficient (Wildman–Crippen LogP) is 4.68. The van der Waals surface area contributed by atoms with Crippen molar-refractivity contribution in [3.05, 3.63) is 22.8 Å². The molecule has 0 fully saturated rings. The molecule has 0 spiro atoms. The normalized spacial score (nSPS) is 22.4. The van der Waals surface area contributed by atoms with Gasteiger partial charge in [-0.3, -0.25) is 0 Å². The van der Waals surface area contributed by atoms with Crippen LogP contribution in [0.4, 0.5) is 0 Å². The molecule has 0 saturated carbocycles. The van der Waals surface area contributed by atoms with E-state index in [1.165, 1.54) is 24.0 Å². The van der Waals surface area contributed by atoms with Crippen LogP contribution in [0.3, 0.4) is 0 Å². The van der Waals surface area contributed by atoms with Crippen molar-refractivity contribution in [2.75, 3.05) is 0 Å². The SMILES string of the molecule is CCCC1=C(C)C=C(C)CC1B(C)Cl. The summed E-state index contributed by atoms with van der Waals surface area (Å²) in [6, 6.07) is 0. The fourth-order valence-electron chi connectivity index (χ4n) is 2.38. The van der Waals surface area contributed by atoms with Gasteiger partial charge in [0.25, 0.3) is 6.13 Å². The van der Waals surface area contributed by atoms with Gasteiger partial charge in [0.2, 0.25) is 0 Å². The second-order valence-corrected chi connectivity index (χ2v) is 5.13. The molecule has 1 atom stereocenters. The van der Waals surface area contributed by atoms with E-state index in [2.05, 4.69) is 33.7 Å². The van der Waals surface area contributed by atoms with E-state index >= 15 is 0 Å². The summed E-state index contributed by atoms with van der Waals surface area (Å²) in [7, 11) is 0. The minimum absolute atomic E-state index is 0.259. The minimum Gasteiger partial charge on any atom is -0.195 e. The molecule has 78 valence electrons. The van der Waals surface area contributed by atoms with Gasteiger partial charge < -0.3 is 0 Å². The quantitative estimate of drug-likeness (QED) is 0.593. The molecule has 1 aliphatic rings. The van der Waals surface area contributed by atoms with E-state index in [9.17, 15) is 0 Å². The van der Waals surface area contributed by atoms with Crippen molar-refractivity contribution < 1.29 is 0 Å². The van der Waals surface area contributed by atoms with Gasteiger partial charge in [0.15, 0.2) is 0 Å². The predicted molar refractivity (Wildman–Crippen MR) is 67.2 cm³/mol. The molecule has 0 nitrogen and oxygen atoms in total. The first-order valence-corrected chi connectivity index (χ1v) is 6.00. The molecule has 0 radical (unpaired) electrons. The summed E-state index contributed by atoms with van der Waals surface area (Å²) in [4.78, 5) is 0. The molecule has 14 heavy (non-hydrogen) atoms. The van der Waals surface area contributed by atoms with Crippen LogP contribution >= 0.6 is 11.5 Å². The van der Waals surface area contributed by atoms with Crippen LogP contribution in [0.1, 0.15) is 40.0 Å². The molecule has 0 amide bonds. The van der Waals surface area contributed by atoms with Gasteiger partial charge in [-0.15, -0.1) is 0 Å². The van der Waals surface area contributed by atoms with Crippen LogP contribution in [-0.2, 0) is 0 Å². The highest BCUT2D eigenvalue weighted by atomic mass is 35.5. The van der Waals surface area contributed by atoms with Crippen molar-refractivity contribution >= 4 is 17.6 Å². The fraction of sp³-hybridized carbons (Fsp3) is 0.667. The van der Waals surface area contributed by atoms with Gasteiger partial charge in [-0.25, -0.2) is 0 Å². The van der Waals surface area contributed by atoms with Crippen LogP contribution in [0.5, 0.6) is 0 Å². The minimum atomic E-state index is 0.259. The Balaban J connectivity index is 2.93. The Hall–Kier alpha value is -0.165. The van der Waals surface area contributed by atoms with E-state index in [0.717, 1.165) is 6.42 Å². The molecule has 0 aliphatic heterocycles. The Morgan fingerprint density at radius 3 is 2.64 bits per heavy atom. The summed E-state index contributed by atoms with van der Waals surface area (Å²) in [5.41, 5.74) is 4.51. The molecule has 0 heterocycles. The number of halogens is 1. The number of hydrogen-bond acceptors (Lipinski definition) is 0. The monoisotopic (exact) mass is 210 g/mol. The zero-order valence-electron chi connectivity index (χ0n) is 9.73. The molecule has 1 aliphatic carbocycles. The highest BCUT2D eigenvalue weighted by Gasteiger charge is 2.26. The maximum Gasteiger partial charge on any atom is 0.255 e. The molecule has 0 bridgehead atoms. The zero-order valence-corrected chi connectivity index (χ0v) is 10.5. The maximum atomic E-state index is 6.26. The lowest BCUT2D eigenvalue weighted by molar-refractivity contribution is 0.779. The Morgan fingerprint density at radius 2 is 2.14 bits per heavy atom. The van der Waals surface area contributed by atoms with Gasteiger partial charge in [-0.05, 0) is 32.5 Å². The Bertz CT molecular complexity index is 263. The van der Waals surface area contributed by atoms with Crippen LogP contribution in [0.2, 0.25) is 12.6 Å². The van der Waals surface area contributed by atoms with Gasteiger partial charge in [0.05, 0.1) is 0 Å². The van der Waals surface area contributed by atoms with Crippen molar-refractivity contribution in [1.29, 1.82) is 0 Å². The molecule has 0 N–H and O–H groups in total. The molecule has 0 aromatic heterocycles. The Labute approximate surface area is 93.4 Å². The second-order valence-electron chi connectivity index (χ2n) is 4.44. The topological polar surface area (TPSA) is 0 Å².